The molecule has 6 N–H and O–H groups in total. The number of hydrogen-bond donors (Lipinski definition) is 6. The van der Waals surface area contributed by atoms with Crippen LogP contribution in [0.5, 0.6) is 0 Å². The Morgan fingerprint density at radius 2 is 1.57 bits per heavy atom. The highest BCUT2D eigenvalue weighted by Gasteiger charge is 2.74. The Morgan fingerprint density at radius 1 is 1.00 bits per heavy atom. The van der Waals surface area contributed by atoms with Crippen molar-refractivity contribution in [2.75, 3.05) is 6.61 Å². The van der Waals surface area contributed by atoms with E-state index in [9.17, 15) is 20.4 Å². The van der Waals surface area contributed by atoms with Gasteiger partial charge in [-0.25, -0.2) is 0 Å². The topological polar surface area (TPSA) is 140 Å². The Kier molecular flexibility index (Phi) is 1.77. The zero-order valence-electron chi connectivity index (χ0n) is 6.86. The average Bonchev–Trinajstić information content (AvgIpc) is 2.32. The Balaban J connectivity index is 2.39. The van der Waals surface area contributed by atoms with Gasteiger partial charge in [0.15, 0.2) is 12.1 Å². The molecular formula is C6H10O8. The fourth-order valence-corrected chi connectivity index (χ4v) is 1.67. The van der Waals surface area contributed by atoms with Crippen molar-refractivity contribution < 1.29 is 40.1 Å². The van der Waals surface area contributed by atoms with E-state index < -0.39 is 36.4 Å². The quantitative estimate of drug-likeness (QED) is 0.222. The number of rotatable bonds is 0. The first-order chi connectivity index (χ1) is 6.18. The average molecular weight is 210 g/mol. The molecular weight excluding hydrogens is 200 g/mol. The fraction of sp³-hybridized carbons (Fsp3) is 1.00. The van der Waals surface area contributed by atoms with Crippen molar-refractivity contribution in [2.24, 2.45) is 5.92 Å². The van der Waals surface area contributed by atoms with E-state index in [0.717, 1.165) is 0 Å². The van der Waals surface area contributed by atoms with Gasteiger partial charge in [-0.1, -0.05) is 0 Å². The van der Waals surface area contributed by atoms with Gasteiger partial charge in [0.05, 0.1) is 0 Å². The zero-order chi connectivity index (χ0) is 10.8. The SMILES string of the molecule is OC1(O)COC2OC(O)(O)C(O)(O)C21. The van der Waals surface area contributed by atoms with E-state index in [4.69, 9.17) is 10.2 Å². The van der Waals surface area contributed by atoms with Gasteiger partial charge in [0, 0.05) is 0 Å². The Hall–Kier alpha value is -0.320. The van der Waals surface area contributed by atoms with Gasteiger partial charge in [-0.15, -0.1) is 0 Å². The molecule has 0 aromatic rings. The first-order valence-corrected chi connectivity index (χ1v) is 3.82. The molecule has 0 saturated carbocycles. The van der Waals surface area contributed by atoms with Crippen molar-refractivity contribution in [1.82, 2.24) is 0 Å². The van der Waals surface area contributed by atoms with Crippen LogP contribution in [0.2, 0.25) is 0 Å². The summed E-state index contributed by atoms with van der Waals surface area (Å²) in [4.78, 5) is 0. The largest absolute Gasteiger partial charge is 0.363 e. The minimum atomic E-state index is -3.29. The highest BCUT2D eigenvalue weighted by atomic mass is 16.9. The fourth-order valence-electron chi connectivity index (χ4n) is 1.67. The maximum Gasteiger partial charge on any atom is 0.338 e. The molecule has 8 nitrogen and oxygen atoms in total. The summed E-state index contributed by atoms with van der Waals surface area (Å²) >= 11 is 0. The van der Waals surface area contributed by atoms with Gasteiger partial charge in [-0.3, -0.25) is 4.74 Å². The molecule has 0 amide bonds. The Morgan fingerprint density at radius 3 is 2.07 bits per heavy atom. The summed E-state index contributed by atoms with van der Waals surface area (Å²) < 4.78 is 8.89. The summed E-state index contributed by atoms with van der Waals surface area (Å²) in [6.07, 6.45) is -1.49. The van der Waals surface area contributed by atoms with Crippen LogP contribution in [0.15, 0.2) is 0 Å². The molecule has 8 heteroatoms. The molecule has 0 aromatic carbocycles. The van der Waals surface area contributed by atoms with Crippen LogP contribution >= 0.6 is 0 Å². The highest BCUT2D eigenvalue weighted by molar-refractivity contribution is 5.01. The molecule has 2 rings (SSSR count). The molecule has 0 aromatic heterocycles. The molecule has 14 heavy (non-hydrogen) atoms. The van der Waals surface area contributed by atoms with Gasteiger partial charge in [-0.05, 0) is 0 Å². The minimum Gasteiger partial charge on any atom is -0.363 e. The van der Waals surface area contributed by atoms with Crippen LogP contribution in [0, 0.1) is 5.92 Å². The van der Waals surface area contributed by atoms with Gasteiger partial charge < -0.3 is 35.4 Å². The van der Waals surface area contributed by atoms with Crippen LogP contribution in [0.1, 0.15) is 0 Å². The van der Waals surface area contributed by atoms with E-state index in [0.29, 0.717) is 0 Å². The molecule has 82 valence electrons. The van der Waals surface area contributed by atoms with Gasteiger partial charge in [0.25, 0.3) is 5.79 Å². The van der Waals surface area contributed by atoms with E-state index in [1.165, 1.54) is 0 Å². The van der Waals surface area contributed by atoms with E-state index in [1.54, 1.807) is 0 Å². The van der Waals surface area contributed by atoms with Crippen LogP contribution in [0.3, 0.4) is 0 Å². The molecule has 2 heterocycles. The van der Waals surface area contributed by atoms with E-state index in [1.807, 2.05) is 0 Å². The van der Waals surface area contributed by atoms with E-state index in [2.05, 4.69) is 9.47 Å². The summed E-state index contributed by atoms with van der Waals surface area (Å²) in [7, 11) is 0. The van der Waals surface area contributed by atoms with Crippen LogP contribution in [0.25, 0.3) is 0 Å². The molecule has 0 radical (unpaired) electrons. The molecule has 2 aliphatic heterocycles. The molecule has 2 aliphatic rings. The van der Waals surface area contributed by atoms with Gasteiger partial charge in [0.1, 0.15) is 12.5 Å². The van der Waals surface area contributed by atoms with Crippen molar-refractivity contribution in [3.8, 4) is 0 Å². The summed E-state index contributed by atoms with van der Waals surface area (Å²) in [5.41, 5.74) is 0. The summed E-state index contributed by atoms with van der Waals surface area (Å²) in [6.45, 7) is -0.610. The van der Waals surface area contributed by atoms with Crippen LogP contribution in [-0.4, -0.2) is 61.1 Å². The van der Waals surface area contributed by atoms with Crippen LogP contribution in [0.4, 0.5) is 0 Å². The number of aliphatic hydroxyl groups is 6. The second kappa shape index (κ2) is 2.43. The predicted molar refractivity (Wildman–Crippen MR) is 35.8 cm³/mol. The number of ether oxygens (including phenoxy) is 2. The van der Waals surface area contributed by atoms with Crippen molar-refractivity contribution in [2.45, 2.75) is 23.8 Å². The lowest BCUT2D eigenvalue weighted by Gasteiger charge is -2.32. The third-order valence-electron chi connectivity index (χ3n) is 2.42. The monoisotopic (exact) mass is 210 g/mol. The van der Waals surface area contributed by atoms with E-state index >= 15 is 0 Å². The summed E-state index contributed by atoms with van der Waals surface area (Å²) in [5.74, 6) is -10.9. The highest BCUT2D eigenvalue weighted by Crippen LogP contribution is 2.48. The molecule has 0 bridgehead atoms. The van der Waals surface area contributed by atoms with E-state index in [-0.39, 0.29) is 0 Å². The Bertz CT molecular complexity index is 259. The van der Waals surface area contributed by atoms with Crippen molar-refractivity contribution in [3.63, 3.8) is 0 Å². The lowest BCUT2D eigenvalue weighted by Crippen LogP contribution is -2.60. The van der Waals surface area contributed by atoms with Crippen LogP contribution in [-0.2, 0) is 9.47 Å². The molecule has 2 atom stereocenters. The second-order valence-electron chi connectivity index (χ2n) is 3.49. The molecule has 0 aliphatic carbocycles. The van der Waals surface area contributed by atoms with Crippen molar-refractivity contribution in [3.05, 3.63) is 0 Å². The number of fused-ring (bicyclic) bond motifs is 1. The lowest BCUT2D eigenvalue weighted by molar-refractivity contribution is -0.451. The lowest BCUT2D eigenvalue weighted by atomic mass is 9.92. The summed E-state index contributed by atoms with van der Waals surface area (Å²) in [6, 6.07) is 0. The van der Waals surface area contributed by atoms with Gasteiger partial charge in [0.2, 0.25) is 0 Å². The predicted octanol–water partition coefficient (Wildman–Crippen LogP) is -4.01. The molecule has 2 saturated heterocycles. The van der Waals surface area contributed by atoms with Gasteiger partial charge >= 0.3 is 5.97 Å². The standard InChI is InChI=1S/C6H10O8/c7-4(8)1-13-3-2(4)5(9,10)6(11,12)14-3/h2-3,7-12H,1H2. The third-order valence-corrected chi connectivity index (χ3v) is 2.42. The maximum atomic E-state index is 9.26. The second-order valence-corrected chi connectivity index (χ2v) is 3.49. The third kappa shape index (κ3) is 1.05. The maximum absolute atomic E-state index is 9.26. The van der Waals surface area contributed by atoms with Crippen LogP contribution < -0.4 is 0 Å². The molecule has 0 spiro atoms. The smallest absolute Gasteiger partial charge is 0.338 e. The Labute approximate surface area is 77.5 Å². The van der Waals surface area contributed by atoms with Crippen molar-refractivity contribution >= 4 is 0 Å². The summed E-state index contributed by atoms with van der Waals surface area (Å²) in [5, 5.41) is 55.0. The molecule has 2 unspecified atom stereocenters. The first-order valence-electron chi connectivity index (χ1n) is 3.82. The van der Waals surface area contributed by atoms with Gasteiger partial charge in [-0.2, -0.15) is 0 Å². The first kappa shape index (κ1) is 10.2. The van der Waals surface area contributed by atoms with Crippen molar-refractivity contribution in [1.29, 1.82) is 0 Å². The minimum absolute atomic E-state index is 0.610. The molecule has 2 fully saturated rings. The zero-order valence-corrected chi connectivity index (χ0v) is 6.86. The number of hydrogen-bond acceptors (Lipinski definition) is 8. The normalized spacial score (nSPS) is 42.4.